The van der Waals surface area contributed by atoms with Crippen LogP contribution in [0.2, 0.25) is 0 Å². The van der Waals surface area contributed by atoms with Crippen LogP contribution in [0.15, 0.2) is 24.5 Å². The zero-order valence-electron chi connectivity index (χ0n) is 12.5. The van der Waals surface area contributed by atoms with E-state index in [-0.39, 0.29) is 0 Å². The van der Waals surface area contributed by atoms with Crippen LogP contribution >= 0.6 is 0 Å². The first kappa shape index (κ1) is 16.0. The summed E-state index contributed by atoms with van der Waals surface area (Å²) in [5.41, 5.74) is -0.491. The largest absolute Gasteiger partial charge is 0.449 e. The van der Waals surface area contributed by atoms with Crippen LogP contribution in [-0.2, 0) is 9.53 Å². The summed E-state index contributed by atoms with van der Waals surface area (Å²) in [6, 6.07) is 5.24. The number of esters is 1. The van der Waals surface area contributed by atoms with Crippen molar-refractivity contribution in [1.82, 2.24) is 10.3 Å². The molecule has 116 valence electrons. The van der Waals surface area contributed by atoms with Crippen LogP contribution in [0.1, 0.15) is 49.4 Å². The number of carbonyl (C=O) groups excluding carboxylic acids is 2. The van der Waals surface area contributed by atoms with Gasteiger partial charge in [0.15, 0.2) is 6.10 Å². The molecular formula is C16H19N3O3. The zero-order valence-corrected chi connectivity index (χ0v) is 12.5. The van der Waals surface area contributed by atoms with E-state index in [0.717, 1.165) is 19.3 Å². The fourth-order valence-corrected chi connectivity index (χ4v) is 2.53. The van der Waals surface area contributed by atoms with E-state index in [0.29, 0.717) is 18.4 Å². The number of hydrogen-bond acceptors (Lipinski definition) is 5. The molecule has 22 heavy (non-hydrogen) atoms. The number of hydrogen-bond donors (Lipinski definition) is 1. The summed E-state index contributed by atoms with van der Waals surface area (Å²) in [6.45, 7) is 1.50. The zero-order chi connectivity index (χ0) is 16.0. The maximum Gasteiger partial charge on any atom is 0.339 e. The fourth-order valence-electron chi connectivity index (χ4n) is 2.53. The number of rotatable bonds is 4. The van der Waals surface area contributed by atoms with Crippen LogP contribution < -0.4 is 5.32 Å². The van der Waals surface area contributed by atoms with Crippen molar-refractivity contribution in [3.8, 4) is 6.07 Å². The smallest absolute Gasteiger partial charge is 0.339 e. The van der Waals surface area contributed by atoms with Gasteiger partial charge in [-0.2, -0.15) is 5.26 Å². The highest BCUT2D eigenvalue weighted by molar-refractivity contribution is 5.92. The molecule has 0 unspecified atom stereocenters. The first-order chi connectivity index (χ1) is 10.6. The van der Waals surface area contributed by atoms with Gasteiger partial charge in [0.05, 0.1) is 11.6 Å². The Morgan fingerprint density at radius 1 is 1.32 bits per heavy atom. The highest BCUT2D eigenvalue weighted by atomic mass is 16.5. The summed E-state index contributed by atoms with van der Waals surface area (Å²) in [4.78, 5) is 27.9. The maximum absolute atomic E-state index is 12.2. The van der Waals surface area contributed by atoms with Crippen LogP contribution in [0.5, 0.6) is 0 Å². The van der Waals surface area contributed by atoms with Crippen LogP contribution in [0.3, 0.4) is 0 Å². The van der Waals surface area contributed by atoms with Crippen molar-refractivity contribution in [2.45, 2.75) is 50.7 Å². The lowest BCUT2D eigenvalue weighted by Crippen LogP contribution is -2.52. The molecule has 1 saturated carbocycles. The molecule has 1 aromatic heterocycles. The Balaban J connectivity index is 1.94. The first-order valence-corrected chi connectivity index (χ1v) is 7.41. The molecule has 0 aromatic carbocycles. The van der Waals surface area contributed by atoms with Crippen LogP contribution in [0.4, 0.5) is 0 Å². The van der Waals surface area contributed by atoms with E-state index >= 15 is 0 Å². The molecule has 1 amide bonds. The molecule has 0 saturated heterocycles. The molecule has 2 rings (SSSR count). The van der Waals surface area contributed by atoms with Crippen molar-refractivity contribution in [3.05, 3.63) is 30.1 Å². The lowest BCUT2D eigenvalue weighted by Gasteiger charge is -2.32. The molecule has 0 bridgehead atoms. The summed E-state index contributed by atoms with van der Waals surface area (Å²) >= 11 is 0. The molecule has 1 N–H and O–H groups in total. The molecule has 1 atom stereocenters. The van der Waals surface area contributed by atoms with Gasteiger partial charge in [-0.1, -0.05) is 19.3 Å². The van der Waals surface area contributed by atoms with Crippen molar-refractivity contribution in [3.63, 3.8) is 0 Å². The maximum atomic E-state index is 12.2. The van der Waals surface area contributed by atoms with Gasteiger partial charge in [0.1, 0.15) is 5.54 Å². The van der Waals surface area contributed by atoms with Gasteiger partial charge in [0.2, 0.25) is 0 Å². The lowest BCUT2D eigenvalue weighted by molar-refractivity contribution is -0.130. The summed E-state index contributed by atoms with van der Waals surface area (Å²) in [7, 11) is 0. The predicted octanol–water partition coefficient (Wildman–Crippen LogP) is 1.97. The van der Waals surface area contributed by atoms with E-state index in [9.17, 15) is 14.9 Å². The summed E-state index contributed by atoms with van der Waals surface area (Å²) < 4.78 is 5.14. The predicted molar refractivity (Wildman–Crippen MR) is 78.7 cm³/mol. The second-order valence-electron chi connectivity index (χ2n) is 5.53. The molecule has 0 radical (unpaired) electrons. The quantitative estimate of drug-likeness (QED) is 0.858. The van der Waals surface area contributed by atoms with Crippen LogP contribution in [-0.4, -0.2) is 28.5 Å². The normalized spacial score (nSPS) is 17.8. The Bertz CT molecular complexity index is 574. The molecule has 1 aliphatic carbocycles. The van der Waals surface area contributed by atoms with Crippen molar-refractivity contribution < 1.29 is 14.3 Å². The molecule has 1 aromatic rings. The number of nitriles is 1. The van der Waals surface area contributed by atoms with E-state index in [1.807, 2.05) is 0 Å². The Hall–Kier alpha value is -2.42. The van der Waals surface area contributed by atoms with Gasteiger partial charge in [0.25, 0.3) is 5.91 Å². The summed E-state index contributed by atoms with van der Waals surface area (Å²) in [5.74, 6) is -1.02. The average molecular weight is 301 g/mol. The number of pyridine rings is 1. The topological polar surface area (TPSA) is 92.1 Å². The van der Waals surface area contributed by atoms with Gasteiger partial charge in [-0.3, -0.25) is 9.78 Å². The van der Waals surface area contributed by atoms with Crippen molar-refractivity contribution in [1.29, 1.82) is 5.26 Å². The van der Waals surface area contributed by atoms with E-state index in [1.54, 1.807) is 0 Å². The minimum absolute atomic E-state index is 0.335. The number of carbonyl (C=O) groups is 2. The highest BCUT2D eigenvalue weighted by Crippen LogP contribution is 2.27. The van der Waals surface area contributed by atoms with E-state index in [1.165, 1.54) is 31.5 Å². The number of amides is 1. The average Bonchev–Trinajstić information content (AvgIpc) is 2.56. The minimum Gasteiger partial charge on any atom is -0.449 e. The molecular weight excluding hydrogens is 282 g/mol. The van der Waals surface area contributed by atoms with Crippen LogP contribution in [0.25, 0.3) is 0 Å². The van der Waals surface area contributed by atoms with Gasteiger partial charge in [-0.25, -0.2) is 4.79 Å². The third kappa shape index (κ3) is 3.82. The second kappa shape index (κ2) is 7.03. The highest BCUT2D eigenvalue weighted by Gasteiger charge is 2.35. The third-order valence-electron chi connectivity index (χ3n) is 3.85. The third-order valence-corrected chi connectivity index (χ3v) is 3.85. The Labute approximate surface area is 129 Å². The van der Waals surface area contributed by atoms with Crippen molar-refractivity contribution >= 4 is 11.9 Å². The SMILES string of the molecule is C[C@H](OC(=O)c1ccncc1)C(=O)NC1(C#N)CCCCC1. The van der Waals surface area contributed by atoms with Crippen LogP contribution in [0, 0.1) is 11.3 Å². The molecule has 0 aliphatic heterocycles. The van der Waals surface area contributed by atoms with Gasteiger partial charge in [0, 0.05) is 12.4 Å². The fraction of sp³-hybridized carbons (Fsp3) is 0.500. The van der Waals surface area contributed by atoms with Gasteiger partial charge in [-0.05, 0) is 31.9 Å². The molecule has 1 fully saturated rings. The summed E-state index contributed by atoms with van der Waals surface area (Å²) in [5, 5.41) is 12.1. The Morgan fingerprint density at radius 3 is 2.55 bits per heavy atom. The number of ether oxygens (including phenoxy) is 1. The van der Waals surface area contributed by atoms with E-state index < -0.39 is 23.5 Å². The first-order valence-electron chi connectivity index (χ1n) is 7.41. The van der Waals surface area contributed by atoms with E-state index in [4.69, 9.17) is 4.74 Å². The molecule has 1 aliphatic rings. The standard InChI is InChI=1S/C16H19N3O3/c1-12(22-15(21)13-5-9-18-10-6-13)14(20)19-16(11-17)7-3-2-4-8-16/h5-6,9-10,12H,2-4,7-8H2,1H3,(H,19,20)/t12-/m0/s1. The van der Waals surface area contributed by atoms with Crippen molar-refractivity contribution in [2.24, 2.45) is 0 Å². The minimum atomic E-state index is -0.951. The lowest BCUT2D eigenvalue weighted by atomic mass is 9.83. The second-order valence-corrected chi connectivity index (χ2v) is 5.53. The number of nitrogens with zero attached hydrogens (tertiary/aromatic N) is 2. The van der Waals surface area contributed by atoms with Gasteiger partial charge < -0.3 is 10.1 Å². The van der Waals surface area contributed by atoms with Gasteiger partial charge in [-0.15, -0.1) is 0 Å². The molecule has 6 heteroatoms. The molecule has 1 heterocycles. The Morgan fingerprint density at radius 2 is 1.95 bits per heavy atom. The number of nitrogens with one attached hydrogen (secondary N) is 1. The summed E-state index contributed by atoms with van der Waals surface area (Å²) in [6.07, 6.45) is 6.19. The Kier molecular flexibility index (Phi) is 5.10. The molecule has 6 nitrogen and oxygen atoms in total. The number of aromatic nitrogens is 1. The molecule has 0 spiro atoms. The van der Waals surface area contributed by atoms with E-state index in [2.05, 4.69) is 16.4 Å². The van der Waals surface area contributed by atoms with Gasteiger partial charge >= 0.3 is 5.97 Å². The van der Waals surface area contributed by atoms with Crippen molar-refractivity contribution in [2.75, 3.05) is 0 Å². The monoisotopic (exact) mass is 301 g/mol.